The van der Waals surface area contributed by atoms with Gasteiger partial charge in [-0.25, -0.2) is 13.8 Å². The van der Waals surface area contributed by atoms with Gasteiger partial charge in [-0.3, -0.25) is 14.2 Å². The lowest BCUT2D eigenvalue weighted by atomic mass is 10.0. The molecule has 0 aliphatic rings. The Bertz CT molecular complexity index is 1640. The Morgan fingerprint density at radius 1 is 1.14 bits per heavy atom. The molecule has 0 radical (unpaired) electrons. The molecular weight excluding hydrogens is 575 g/mol. The van der Waals surface area contributed by atoms with Crippen molar-refractivity contribution in [3.05, 3.63) is 68.4 Å². The maximum atomic E-state index is 13.8. The second-order valence-corrected chi connectivity index (χ2v) is 11.6. The number of aromatic nitrogens is 5. The number of hydrogen-bond acceptors (Lipinski definition) is 8. The highest BCUT2D eigenvalue weighted by Crippen LogP contribution is 2.31. The standard InChI is InChI=1S/C24H27FN6O4S.C4H10O.C2H6/c1-13(2)28-22(34)24(4,5)30-19(33)18-14(3)20(31-26-9-10-27-31)36-21(18)29(23(30)35)11-8-15-12-16(25)6-7-17(15)32;1-4(2)5-3;1-2/h6-7,9-10,12-13,32H,8,11H2,1-5H3,(H,28,34);4H,1-3H3;1-2H3. The molecule has 236 valence electrons. The first-order chi connectivity index (χ1) is 20.2. The number of benzene rings is 1. The summed E-state index contributed by atoms with van der Waals surface area (Å²) in [5, 5.41) is 22.1. The fourth-order valence-corrected chi connectivity index (χ4v) is 5.30. The molecular formula is C30H43FN6O5S. The van der Waals surface area contributed by atoms with Crippen molar-refractivity contribution in [3.63, 3.8) is 0 Å². The lowest BCUT2D eigenvalue weighted by Gasteiger charge is -2.27. The summed E-state index contributed by atoms with van der Waals surface area (Å²) in [6, 6.07) is 3.40. The van der Waals surface area contributed by atoms with Crippen LogP contribution in [0.15, 0.2) is 40.2 Å². The summed E-state index contributed by atoms with van der Waals surface area (Å²) in [5.41, 5.74) is -1.92. The minimum atomic E-state index is -1.51. The van der Waals surface area contributed by atoms with E-state index in [4.69, 9.17) is 4.74 Å². The third-order valence-corrected chi connectivity index (χ3v) is 7.72. The maximum Gasteiger partial charge on any atom is 0.333 e. The lowest BCUT2D eigenvalue weighted by Crippen LogP contribution is -2.56. The number of carbonyl (C=O) groups is 1. The van der Waals surface area contributed by atoms with Crippen LogP contribution in [-0.2, 0) is 28.0 Å². The molecule has 2 N–H and O–H groups in total. The van der Waals surface area contributed by atoms with Crippen molar-refractivity contribution in [1.82, 2.24) is 29.4 Å². The third-order valence-electron chi connectivity index (χ3n) is 6.44. The van der Waals surface area contributed by atoms with Crippen molar-refractivity contribution in [1.29, 1.82) is 0 Å². The van der Waals surface area contributed by atoms with Gasteiger partial charge in [-0.15, -0.1) is 4.80 Å². The average Bonchev–Trinajstić information content (AvgIpc) is 3.59. The fraction of sp³-hybridized carbons (Fsp3) is 0.500. The van der Waals surface area contributed by atoms with Gasteiger partial charge in [-0.05, 0) is 78.6 Å². The fourth-order valence-electron chi connectivity index (χ4n) is 4.06. The van der Waals surface area contributed by atoms with E-state index >= 15 is 0 Å². The Labute approximate surface area is 254 Å². The van der Waals surface area contributed by atoms with Crippen LogP contribution in [0.1, 0.15) is 66.5 Å². The monoisotopic (exact) mass is 618 g/mol. The van der Waals surface area contributed by atoms with Gasteiger partial charge in [0.25, 0.3) is 5.56 Å². The predicted molar refractivity (Wildman–Crippen MR) is 168 cm³/mol. The average molecular weight is 619 g/mol. The largest absolute Gasteiger partial charge is 0.508 e. The van der Waals surface area contributed by atoms with Crippen molar-refractivity contribution < 1.29 is 19.0 Å². The van der Waals surface area contributed by atoms with Crippen LogP contribution in [-0.4, -0.2) is 54.4 Å². The van der Waals surface area contributed by atoms with Crippen LogP contribution >= 0.6 is 11.3 Å². The van der Waals surface area contributed by atoms with Gasteiger partial charge in [-0.2, -0.15) is 10.2 Å². The molecule has 0 aliphatic carbocycles. The summed E-state index contributed by atoms with van der Waals surface area (Å²) in [4.78, 5) is 42.3. The van der Waals surface area contributed by atoms with Gasteiger partial charge in [0.05, 0.1) is 23.9 Å². The van der Waals surface area contributed by atoms with E-state index in [2.05, 4.69) is 15.5 Å². The molecule has 0 saturated heterocycles. The first kappa shape index (κ1) is 35.4. The molecule has 4 aromatic rings. The van der Waals surface area contributed by atoms with Crippen LogP contribution in [0.5, 0.6) is 5.75 Å². The number of thiophene rings is 1. The summed E-state index contributed by atoms with van der Waals surface area (Å²) in [7, 11) is 1.70. The summed E-state index contributed by atoms with van der Waals surface area (Å²) < 4.78 is 20.9. The number of nitrogens with zero attached hydrogens (tertiary/aromatic N) is 5. The molecule has 0 bridgehead atoms. The van der Waals surface area contributed by atoms with Crippen LogP contribution in [0.4, 0.5) is 4.39 Å². The molecule has 0 aliphatic heterocycles. The molecule has 11 nitrogen and oxygen atoms in total. The van der Waals surface area contributed by atoms with Gasteiger partial charge >= 0.3 is 5.69 Å². The molecule has 0 unspecified atom stereocenters. The molecule has 1 amide bonds. The number of aryl methyl sites for hydroxylation is 3. The Morgan fingerprint density at radius 3 is 2.26 bits per heavy atom. The van der Waals surface area contributed by atoms with Gasteiger partial charge in [0.15, 0.2) is 0 Å². The van der Waals surface area contributed by atoms with E-state index in [1.807, 2.05) is 27.7 Å². The molecule has 4 rings (SSSR count). The first-order valence-electron chi connectivity index (χ1n) is 14.2. The topological polar surface area (TPSA) is 133 Å². The Balaban J connectivity index is 0.000000836. The molecule has 1 aromatic carbocycles. The van der Waals surface area contributed by atoms with Crippen molar-refractivity contribution in [2.24, 2.45) is 0 Å². The van der Waals surface area contributed by atoms with Crippen LogP contribution in [0.3, 0.4) is 0 Å². The SMILES string of the molecule is CC.COC(C)C.Cc1c(-n2nccn2)sc2c1c(=O)n(C(C)(C)C(=O)NC(C)C)c(=O)n2CCc1cc(F)ccc1O. The van der Waals surface area contributed by atoms with Gasteiger partial charge in [0.1, 0.15) is 26.9 Å². The molecule has 0 saturated carbocycles. The number of nitrogens with one attached hydrogen (secondary N) is 1. The van der Waals surface area contributed by atoms with E-state index in [-0.39, 0.29) is 30.1 Å². The molecule has 13 heteroatoms. The van der Waals surface area contributed by atoms with Crippen LogP contribution in [0.25, 0.3) is 15.2 Å². The van der Waals surface area contributed by atoms with Crippen molar-refractivity contribution in [2.45, 2.75) is 93.0 Å². The van der Waals surface area contributed by atoms with Crippen LogP contribution in [0, 0.1) is 12.7 Å². The number of amides is 1. The third kappa shape index (κ3) is 7.96. The van der Waals surface area contributed by atoms with Gasteiger partial charge < -0.3 is 15.2 Å². The normalized spacial score (nSPS) is 11.3. The summed E-state index contributed by atoms with van der Waals surface area (Å²) in [6.45, 7) is 16.4. The molecule has 0 fully saturated rings. The number of aromatic hydroxyl groups is 1. The van der Waals surface area contributed by atoms with E-state index in [1.54, 1.807) is 27.9 Å². The van der Waals surface area contributed by atoms with E-state index in [0.717, 1.165) is 10.6 Å². The maximum absolute atomic E-state index is 13.8. The lowest BCUT2D eigenvalue weighted by molar-refractivity contribution is -0.129. The second-order valence-electron chi connectivity index (χ2n) is 10.6. The molecule has 3 aromatic heterocycles. The number of fused-ring (bicyclic) bond motifs is 1. The first-order valence-corrected chi connectivity index (χ1v) is 15.0. The minimum Gasteiger partial charge on any atom is -0.508 e. The molecule has 43 heavy (non-hydrogen) atoms. The molecule has 3 heterocycles. The van der Waals surface area contributed by atoms with Gasteiger partial charge in [0.2, 0.25) is 5.91 Å². The summed E-state index contributed by atoms with van der Waals surface area (Å²) in [6.07, 6.45) is 3.50. The predicted octanol–water partition coefficient (Wildman–Crippen LogP) is 4.53. The number of carbonyl (C=O) groups excluding carboxylic acids is 1. The minimum absolute atomic E-state index is 0.0282. The molecule has 0 spiro atoms. The number of phenols is 1. The number of halogens is 1. The number of methoxy groups -OCH3 is 1. The number of phenolic OH excluding ortho intramolecular Hbond substituents is 1. The highest BCUT2D eigenvalue weighted by Gasteiger charge is 2.35. The zero-order valence-corrected chi connectivity index (χ0v) is 27.4. The van der Waals surface area contributed by atoms with Crippen LogP contribution < -0.4 is 16.6 Å². The zero-order valence-electron chi connectivity index (χ0n) is 26.6. The summed E-state index contributed by atoms with van der Waals surface area (Å²) >= 11 is 1.17. The Hall–Kier alpha value is -3.84. The second kappa shape index (κ2) is 15.1. The molecule has 0 atom stereocenters. The zero-order chi connectivity index (χ0) is 32.6. The smallest absolute Gasteiger partial charge is 0.333 e. The Morgan fingerprint density at radius 2 is 1.72 bits per heavy atom. The van der Waals surface area contributed by atoms with Crippen LogP contribution in [0.2, 0.25) is 0 Å². The van der Waals surface area contributed by atoms with Crippen molar-refractivity contribution in [2.75, 3.05) is 7.11 Å². The number of rotatable bonds is 8. The van der Waals surface area contributed by atoms with E-state index < -0.39 is 28.5 Å². The highest BCUT2D eigenvalue weighted by atomic mass is 32.1. The van der Waals surface area contributed by atoms with E-state index in [9.17, 15) is 23.9 Å². The van der Waals surface area contributed by atoms with Gasteiger partial charge in [0, 0.05) is 25.3 Å². The Kier molecular flexibility index (Phi) is 12.4. The van der Waals surface area contributed by atoms with E-state index in [1.165, 1.54) is 59.1 Å². The highest BCUT2D eigenvalue weighted by molar-refractivity contribution is 7.21. The summed E-state index contributed by atoms with van der Waals surface area (Å²) in [5.74, 6) is -1.10. The number of ether oxygens (including phenoxy) is 1. The quantitative estimate of drug-likeness (QED) is 0.297. The van der Waals surface area contributed by atoms with E-state index in [0.29, 0.717) is 27.1 Å². The van der Waals surface area contributed by atoms with Gasteiger partial charge in [-0.1, -0.05) is 25.2 Å². The van der Waals surface area contributed by atoms with Crippen molar-refractivity contribution >= 4 is 27.5 Å². The van der Waals surface area contributed by atoms with Crippen molar-refractivity contribution in [3.8, 4) is 10.8 Å². The number of hydrogen-bond donors (Lipinski definition) is 2.